The summed E-state index contributed by atoms with van der Waals surface area (Å²) in [6.07, 6.45) is 0.850. The van der Waals surface area contributed by atoms with Gasteiger partial charge in [0.25, 0.3) is 5.91 Å². The van der Waals surface area contributed by atoms with Gasteiger partial charge in [-0.25, -0.2) is 17.2 Å². The molecule has 7 nitrogen and oxygen atoms in total. The minimum Gasteiger partial charge on any atom is -0.348 e. The largest absolute Gasteiger partial charge is 0.348 e. The van der Waals surface area contributed by atoms with Gasteiger partial charge in [0.15, 0.2) is 11.6 Å². The fourth-order valence-corrected chi connectivity index (χ4v) is 4.50. The molecule has 0 spiro atoms. The lowest BCUT2D eigenvalue weighted by Gasteiger charge is -2.28. The first kappa shape index (κ1) is 24.8. The number of carbonyl (C=O) groups is 2. The van der Waals surface area contributed by atoms with Gasteiger partial charge < -0.3 is 10.6 Å². The third-order valence-electron chi connectivity index (χ3n) is 4.97. The van der Waals surface area contributed by atoms with E-state index in [0.717, 1.165) is 24.0 Å². The average molecular weight is 488 g/mol. The highest BCUT2D eigenvalue weighted by atomic mass is 32.2. The Hall–Kier alpha value is -3.79. The van der Waals surface area contributed by atoms with Crippen LogP contribution in [0.3, 0.4) is 0 Å². The molecule has 0 aliphatic heterocycles. The standard InChI is InChI=1S/C24H23F2N3O4S/c1-16(29(34(2,32)33)18-12-13-20(25)21(26)14-18)23(30)28-22-11-7-6-10-19(22)24(31)27-15-17-8-4-3-5-9-17/h3-14,16H,15H2,1-2H3,(H,27,31)(H,28,30). The SMILES string of the molecule is CC(C(=O)Nc1ccccc1C(=O)NCc1ccccc1)N(c1ccc(F)c(F)c1)S(C)(=O)=O. The van der Waals surface area contributed by atoms with Gasteiger partial charge in [-0.1, -0.05) is 42.5 Å². The summed E-state index contributed by atoms with van der Waals surface area (Å²) in [5.41, 5.74) is 1.03. The van der Waals surface area contributed by atoms with Gasteiger partial charge in [0.2, 0.25) is 15.9 Å². The Kier molecular flexibility index (Phi) is 7.62. The van der Waals surface area contributed by atoms with Crippen LogP contribution >= 0.6 is 0 Å². The Morgan fingerprint density at radius 3 is 2.24 bits per heavy atom. The van der Waals surface area contributed by atoms with Crippen molar-refractivity contribution in [2.24, 2.45) is 0 Å². The van der Waals surface area contributed by atoms with Crippen LogP contribution in [0.1, 0.15) is 22.8 Å². The number of anilines is 2. The maximum Gasteiger partial charge on any atom is 0.253 e. The van der Waals surface area contributed by atoms with Gasteiger partial charge in [0.05, 0.1) is 23.2 Å². The van der Waals surface area contributed by atoms with Crippen molar-refractivity contribution in [3.63, 3.8) is 0 Å². The number of sulfonamides is 1. The van der Waals surface area contributed by atoms with E-state index in [0.29, 0.717) is 10.4 Å². The Morgan fingerprint density at radius 2 is 1.59 bits per heavy atom. The molecule has 3 aromatic carbocycles. The molecule has 0 radical (unpaired) electrons. The third kappa shape index (κ3) is 5.96. The molecule has 0 aliphatic carbocycles. The smallest absolute Gasteiger partial charge is 0.253 e. The van der Waals surface area contributed by atoms with Gasteiger partial charge in [0.1, 0.15) is 6.04 Å². The van der Waals surface area contributed by atoms with Crippen LogP contribution < -0.4 is 14.9 Å². The number of nitrogens with one attached hydrogen (secondary N) is 2. The molecule has 0 bridgehead atoms. The lowest BCUT2D eigenvalue weighted by molar-refractivity contribution is -0.116. The van der Waals surface area contributed by atoms with Crippen molar-refractivity contribution >= 4 is 33.2 Å². The van der Waals surface area contributed by atoms with Crippen LogP contribution in [0.2, 0.25) is 0 Å². The predicted octanol–water partition coefficient (Wildman–Crippen LogP) is 3.69. The van der Waals surface area contributed by atoms with Crippen molar-refractivity contribution in [3.8, 4) is 0 Å². The van der Waals surface area contributed by atoms with Crippen molar-refractivity contribution in [1.82, 2.24) is 5.32 Å². The Balaban J connectivity index is 1.81. The maximum absolute atomic E-state index is 13.7. The summed E-state index contributed by atoms with van der Waals surface area (Å²) in [5, 5.41) is 5.33. The van der Waals surface area contributed by atoms with Gasteiger partial charge >= 0.3 is 0 Å². The van der Waals surface area contributed by atoms with Crippen LogP contribution in [0.4, 0.5) is 20.2 Å². The summed E-state index contributed by atoms with van der Waals surface area (Å²) in [4.78, 5) is 25.7. The van der Waals surface area contributed by atoms with E-state index in [2.05, 4.69) is 10.6 Å². The molecule has 2 amide bonds. The second-order valence-electron chi connectivity index (χ2n) is 7.54. The molecular formula is C24H23F2N3O4S. The van der Waals surface area contributed by atoms with E-state index in [9.17, 15) is 26.8 Å². The summed E-state index contributed by atoms with van der Waals surface area (Å²) in [5.74, 6) is -3.60. The molecule has 3 aromatic rings. The van der Waals surface area contributed by atoms with Crippen molar-refractivity contribution in [2.75, 3.05) is 15.9 Å². The van der Waals surface area contributed by atoms with Crippen LogP contribution in [0.15, 0.2) is 72.8 Å². The van der Waals surface area contributed by atoms with E-state index < -0.39 is 39.5 Å². The Bertz CT molecular complexity index is 1300. The number of nitrogens with zero attached hydrogens (tertiary/aromatic N) is 1. The van der Waals surface area contributed by atoms with E-state index in [1.165, 1.54) is 19.1 Å². The zero-order valence-electron chi connectivity index (χ0n) is 18.5. The van der Waals surface area contributed by atoms with E-state index in [1.54, 1.807) is 12.1 Å². The van der Waals surface area contributed by atoms with Gasteiger partial charge in [-0.05, 0) is 36.8 Å². The monoisotopic (exact) mass is 487 g/mol. The first-order valence-electron chi connectivity index (χ1n) is 10.2. The first-order chi connectivity index (χ1) is 16.1. The molecule has 3 rings (SSSR count). The van der Waals surface area contributed by atoms with Gasteiger partial charge in [0, 0.05) is 12.6 Å². The minimum absolute atomic E-state index is 0.170. The third-order valence-corrected chi connectivity index (χ3v) is 6.21. The molecule has 0 aliphatic rings. The molecule has 0 saturated carbocycles. The van der Waals surface area contributed by atoms with E-state index >= 15 is 0 Å². The van der Waals surface area contributed by atoms with Crippen LogP contribution in [0.5, 0.6) is 0 Å². The van der Waals surface area contributed by atoms with Crippen molar-refractivity contribution < 1.29 is 26.8 Å². The van der Waals surface area contributed by atoms with Crippen LogP contribution in [-0.4, -0.2) is 32.5 Å². The zero-order valence-corrected chi connectivity index (χ0v) is 19.3. The quantitative estimate of drug-likeness (QED) is 0.507. The molecule has 0 fully saturated rings. The topological polar surface area (TPSA) is 95.6 Å². The Morgan fingerprint density at radius 1 is 0.941 bits per heavy atom. The van der Waals surface area contributed by atoms with E-state index in [-0.39, 0.29) is 23.5 Å². The predicted molar refractivity (Wildman–Crippen MR) is 126 cm³/mol. The number of hydrogen-bond acceptors (Lipinski definition) is 4. The van der Waals surface area contributed by atoms with Crippen LogP contribution in [0.25, 0.3) is 0 Å². The second kappa shape index (κ2) is 10.4. The minimum atomic E-state index is -4.05. The number of amides is 2. The number of para-hydroxylation sites is 1. The fraction of sp³-hybridized carbons (Fsp3) is 0.167. The average Bonchev–Trinajstić information content (AvgIpc) is 2.80. The molecule has 0 heterocycles. The van der Waals surface area contributed by atoms with Crippen LogP contribution in [-0.2, 0) is 21.4 Å². The molecular weight excluding hydrogens is 464 g/mol. The lowest BCUT2D eigenvalue weighted by atomic mass is 10.1. The lowest BCUT2D eigenvalue weighted by Crippen LogP contribution is -2.45. The van der Waals surface area contributed by atoms with Crippen molar-refractivity contribution in [1.29, 1.82) is 0 Å². The summed E-state index contributed by atoms with van der Waals surface area (Å²) in [6.45, 7) is 1.58. The number of rotatable bonds is 8. The van der Waals surface area contributed by atoms with Crippen molar-refractivity contribution in [2.45, 2.75) is 19.5 Å². The molecule has 0 aromatic heterocycles. The Labute approximate surface area is 196 Å². The van der Waals surface area contributed by atoms with E-state index in [4.69, 9.17) is 0 Å². The number of halogens is 2. The summed E-state index contributed by atoms with van der Waals surface area (Å²) < 4.78 is 52.5. The summed E-state index contributed by atoms with van der Waals surface area (Å²) in [6, 6.07) is 16.7. The van der Waals surface area contributed by atoms with Crippen LogP contribution in [0, 0.1) is 11.6 Å². The first-order valence-corrected chi connectivity index (χ1v) is 12.1. The highest BCUT2D eigenvalue weighted by Gasteiger charge is 2.30. The molecule has 1 unspecified atom stereocenters. The zero-order chi connectivity index (χ0) is 24.9. The molecule has 10 heteroatoms. The number of hydrogen-bond donors (Lipinski definition) is 2. The molecule has 178 valence electrons. The number of carbonyl (C=O) groups excluding carboxylic acids is 2. The molecule has 34 heavy (non-hydrogen) atoms. The molecule has 1 atom stereocenters. The van der Waals surface area contributed by atoms with Crippen molar-refractivity contribution in [3.05, 3.63) is 95.6 Å². The molecule has 2 N–H and O–H groups in total. The van der Waals surface area contributed by atoms with Gasteiger partial charge in [-0.15, -0.1) is 0 Å². The highest BCUT2D eigenvalue weighted by Crippen LogP contribution is 2.24. The number of benzene rings is 3. The molecule has 0 saturated heterocycles. The normalized spacial score (nSPS) is 12.0. The second-order valence-corrected chi connectivity index (χ2v) is 9.40. The summed E-state index contributed by atoms with van der Waals surface area (Å²) >= 11 is 0. The maximum atomic E-state index is 13.7. The van der Waals surface area contributed by atoms with Gasteiger partial charge in [-0.2, -0.15) is 0 Å². The van der Waals surface area contributed by atoms with E-state index in [1.807, 2.05) is 30.3 Å². The highest BCUT2D eigenvalue weighted by molar-refractivity contribution is 7.92. The van der Waals surface area contributed by atoms with Gasteiger partial charge in [-0.3, -0.25) is 13.9 Å². The fourth-order valence-electron chi connectivity index (χ4n) is 3.33. The summed E-state index contributed by atoms with van der Waals surface area (Å²) in [7, 11) is -4.05.